The van der Waals surface area contributed by atoms with Crippen LogP contribution in [0.15, 0.2) is 0 Å². The van der Waals surface area contributed by atoms with Gasteiger partial charge in [0.25, 0.3) is 0 Å². The minimum absolute atomic E-state index is 0.488. The summed E-state index contributed by atoms with van der Waals surface area (Å²) in [6.07, 6.45) is 5.11. The third-order valence-corrected chi connectivity index (χ3v) is 2.84. The van der Waals surface area contributed by atoms with Crippen molar-refractivity contribution in [1.29, 1.82) is 5.41 Å². The largest absolute Gasteiger partial charge is 0.310 e. The second-order valence-corrected chi connectivity index (χ2v) is 3.78. The number of nitrogens with one attached hydrogen (secondary N) is 1. The van der Waals surface area contributed by atoms with Gasteiger partial charge >= 0.3 is 0 Å². The molecule has 1 nitrogen and oxygen atoms in total. The zero-order valence-electron chi connectivity index (χ0n) is 8.98. The summed E-state index contributed by atoms with van der Waals surface area (Å²) in [5.74, 6) is 1.23. The standard InChI is InChI=1S/C11H23N/c1-5-7-8-11(6-2)9(3)10(4)12/h9,11-12H,5-8H2,1-4H3/t9-,11-/m0/s1. The molecule has 72 valence electrons. The van der Waals surface area contributed by atoms with E-state index in [-0.39, 0.29) is 0 Å². The van der Waals surface area contributed by atoms with Gasteiger partial charge in [-0.25, -0.2) is 0 Å². The molecule has 0 saturated heterocycles. The van der Waals surface area contributed by atoms with Crippen LogP contribution in [0.25, 0.3) is 0 Å². The fourth-order valence-corrected chi connectivity index (χ4v) is 1.63. The zero-order chi connectivity index (χ0) is 9.56. The quantitative estimate of drug-likeness (QED) is 0.583. The van der Waals surface area contributed by atoms with E-state index < -0.39 is 0 Å². The van der Waals surface area contributed by atoms with Gasteiger partial charge in [-0.2, -0.15) is 0 Å². The third kappa shape index (κ3) is 3.89. The van der Waals surface area contributed by atoms with Crippen LogP contribution in [0.1, 0.15) is 53.4 Å². The number of unbranched alkanes of at least 4 members (excludes halogenated alkanes) is 1. The molecule has 0 heterocycles. The first kappa shape index (κ1) is 11.7. The molecule has 0 amide bonds. The fourth-order valence-electron chi connectivity index (χ4n) is 1.63. The number of hydrogen-bond acceptors (Lipinski definition) is 1. The van der Waals surface area contributed by atoms with Gasteiger partial charge in [-0.05, 0) is 25.2 Å². The summed E-state index contributed by atoms with van der Waals surface area (Å²) < 4.78 is 0. The molecule has 2 atom stereocenters. The predicted molar refractivity (Wildman–Crippen MR) is 55.9 cm³/mol. The SMILES string of the molecule is CCCC[C@H](CC)[C@@H](C)C(C)=N. The Labute approximate surface area is 77.1 Å². The maximum absolute atomic E-state index is 7.57. The van der Waals surface area contributed by atoms with Crippen molar-refractivity contribution in [3.05, 3.63) is 0 Å². The third-order valence-electron chi connectivity index (χ3n) is 2.84. The summed E-state index contributed by atoms with van der Waals surface area (Å²) >= 11 is 0. The molecule has 0 aliphatic carbocycles. The lowest BCUT2D eigenvalue weighted by molar-refractivity contribution is 0.383. The molecule has 0 unspecified atom stereocenters. The van der Waals surface area contributed by atoms with E-state index in [4.69, 9.17) is 5.41 Å². The first-order valence-corrected chi connectivity index (χ1v) is 5.18. The van der Waals surface area contributed by atoms with Crippen LogP contribution in [0.2, 0.25) is 0 Å². The molecule has 0 fully saturated rings. The fraction of sp³-hybridized carbons (Fsp3) is 0.909. The van der Waals surface area contributed by atoms with Gasteiger partial charge in [0.05, 0.1) is 0 Å². The van der Waals surface area contributed by atoms with E-state index in [9.17, 15) is 0 Å². The van der Waals surface area contributed by atoms with Crippen molar-refractivity contribution in [2.75, 3.05) is 0 Å². The van der Waals surface area contributed by atoms with Crippen molar-refractivity contribution in [3.63, 3.8) is 0 Å². The maximum Gasteiger partial charge on any atom is 0.00891 e. The number of hydrogen-bond donors (Lipinski definition) is 1. The highest BCUT2D eigenvalue weighted by Crippen LogP contribution is 2.22. The van der Waals surface area contributed by atoms with E-state index in [1.165, 1.54) is 25.7 Å². The van der Waals surface area contributed by atoms with E-state index >= 15 is 0 Å². The highest BCUT2D eigenvalue weighted by Gasteiger charge is 2.15. The van der Waals surface area contributed by atoms with Crippen molar-refractivity contribution >= 4 is 5.71 Å². The van der Waals surface area contributed by atoms with E-state index in [1.54, 1.807) is 0 Å². The van der Waals surface area contributed by atoms with Crippen molar-refractivity contribution in [2.24, 2.45) is 11.8 Å². The lowest BCUT2D eigenvalue weighted by Crippen LogP contribution is -2.17. The Hall–Kier alpha value is -0.330. The molecule has 0 saturated carbocycles. The van der Waals surface area contributed by atoms with E-state index in [0.29, 0.717) is 5.92 Å². The summed E-state index contributed by atoms with van der Waals surface area (Å²) in [5, 5.41) is 7.57. The molecular formula is C11H23N. The first-order valence-electron chi connectivity index (χ1n) is 5.18. The average molecular weight is 169 g/mol. The molecule has 0 aliphatic heterocycles. The van der Waals surface area contributed by atoms with Gasteiger partial charge in [-0.3, -0.25) is 0 Å². The van der Waals surface area contributed by atoms with E-state index in [2.05, 4.69) is 20.8 Å². The molecule has 0 bridgehead atoms. The van der Waals surface area contributed by atoms with Crippen LogP contribution in [-0.2, 0) is 0 Å². The second kappa shape index (κ2) is 6.22. The van der Waals surface area contributed by atoms with Gasteiger partial charge in [-0.15, -0.1) is 0 Å². The van der Waals surface area contributed by atoms with Crippen molar-refractivity contribution in [3.8, 4) is 0 Å². The van der Waals surface area contributed by atoms with Crippen LogP contribution >= 0.6 is 0 Å². The Morgan fingerprint density at radius 2 is 1.92 bits per heavy atom. The maximum atomic E-state index is 7.57. The molecule has 0 aromatic heterocycles. The summed E-state index contributed by atoms with van der Waals surface area (Å²) in [6.45, 7) is 8.58. The van der Waals surface area contributed by atoms with Crippen LogP contribution in [0.3, 0.4) is 0 Å². The van der Waals surface area contributed by atoms with E-state index in [1.807, 2.05) is 6.92 Å². The smallest absolute Gasteiger partial charge is 0.00891 e. The van der Waals surface area contributed by atoms with Crippen LogP contribution in [-0.4, -0.2) is 5.71 Å². The molecular weight excluding hydrogens is 146 g/mol. The number of rotatable bonds is 6. The summed E-state index contributed by atoms with van der Waals surface area (Å²) in [7, 11) is 0. The summed E-state index contributed by atoms with van der Waals surface area (Å²) in [5.41, 5.74) is 0.845. The van der Waals surface area contributed by atoms with Crippen LogP contribution < -0.4 is 0 Å². The first-order chi connectivity index (χ1) is 5.63. The lowest BCUT2D eigenvalue weighted by atomic mass is 9.84. The minimum Gasteiger partial charge on any atom is -0.310 e. The molecule has 0 radical (unpaired) electrons. The monoisotopic (exact) mass is 169 g/mol. The van der Waals surface area contributed by atoms with Crippen LogP contribution in [0.4, 0.5) is 0 Å². The van der Waals surface area contributed by atoms with Gasteiger partial charge in [0.1, 0.15) is 0 Å². The molecule has 0 rings (SSSR count). The molecule has 0 aromatic carbocycles. The Morgan fingerprint density at radius 1 is 1.33 bits per heavy atom. The van der Waals surface area contributed by atoms with E-state index in [0.717, 1.165) is 11.6 Å². The lowest BCUT2D eigenvalue weighted by Gasteiger charge is -2.21. The van der Waals surface area contributed by atoms with Crippen molar-refractivity contribution in [2.45, 2.75) is 53.4 Å². The Bertz CT molecular complexity index is 129. The molecule has 1 heteroatoms. The zero-order valence-corrected chi connectivity index (χ0v) is 8.98. The Kier molecular flexibility index (Phi) is 6.04. The van der Waals surface area contributed by atoms with Crippen molar-refractivity contribution in [1.82, 2.24) is 0 Å². The van der Waals surface area contributed by atoms with Crippen LogP contribution in [0, 0.1) is 17.2 Å². The van der Waals surface area contributed by atoms with Gasteiger partial charge in [0.2, 0.25) is 0 Å². The molecule has 12 heavy (non-hydrogen) atoms. The molecule has 0 aromatic rings. The predicted octanol–water partition coefficient (Wildman–Crippen LogP) is 3.88. The highest BCUT2D eigenvalue weighted by atomic mass is 14.4. The topological polar surface area (TPSA) is 23.9 Å². The van der Waals surface area contributed by atoms with Gasteiger partial charge in [0, 0.05) is 5.71 Å². The normalized spacial score (nSPS) is 15.7. The van der Waals surface area contributed by atoms with Gasteiger partial charge in [-0.1, -0.05) is 40.0 Å². The molecule has 0 aliphatic rings. The molecule has 1 N–H and O–H groups in total. The minimum atomic E-state index is 0.488. The summed E-state index contributed by atoms with van der Waals surface area (Å²) in [4.78, 5) is 0. The highest BCUT2D eigenvalue weighted by molar-refractivity contribution is 5.81. The molecule has 0 spiro atoms. The Morgan fingerprint density at radius 3 is 2.25 bits per heavy atom. The van der Waals surface area contributed by atoms with Crippen molar-refractivity contribution < 1.29 is 0 Å². The van der Waals surface area contributed by atoms with Gasteiger partial charge < -0.3 is 5.41 Å². The van der Waals surface area contributed by atoms with Crippen LogP contribution in [0.5, 0.6) is 0 Å². The average Bonchev–Trinajstić information content (AvgIpc) is 2.05. The Balaban J connectivity index is 3.87. The summed E-state index contributed by atoms with van der Waals surface area (Å²) in [6, 6.07) is 0. The van der Waals surface area contributed by atoms with Gasteiger partial charge in [0.15, 0.2) is 0 Å². The second-order valence-electron chi connectivity index (χ2n) is 3.78.